The lowest BCUT2D eigenvalue weighted by Crippen LogP contribution is -2.38. The van der Waals surface area contributed by atoms with Gasteiger partial charge in [0.15, 0.2) is 6.10 Å². The fourth-order valence-corrected chi connectivity index (χ4v) is 0.813. The first-order valence-corrected chi connectivity index (χ1v) is 3.86. The van der Waals surface area contributed by atoms with Crippen molar-refractivity contribution in [2.45, 2.75) is 31.5 Å². The van der Waals surface area contributed by atoms with E-state index in [1.807, 2.05) is 0 Å². The zero-order valence-corrected chi connectivity index (χ0v) is 6.81. The van der Waals surface area contributed by atoms with E-state index in [4.69, 9.17) is 21.1 Å². The van der Waals surface area contributed by atoms with Gasteiger partial charge in [-0.1, -0.05) is 0 Å². The van der Waals surface area contributed by atoms with Crippen molar-refractivity contribution in [2.24, 2.45) is 5.73 Å². The Labute approximate surface area is 70.8 Å². The maximum atomic E-state index is 10.3. The first-order chi connectivity index (χ1) is 5.59. The highest BCUT2D eigenvalue weighted by Crippen LogP contribution is 2.04. The molecule has 0 aromatic carbocycles. The zero-order chi connectivity index (χ0) is 9.56. The van der Waals surface area contributed by atoms with Gasteiger partial charge in [-0.25, -0.2) is 0 Å². The van der Waals surface area contributed by atoms with Crippen LogP contribution in [0.5, 0.6) is 0 Å². The van der Waals surface area contributed by atoms with Crippen molar-refractivity contribution < 1.29 is 20.1 Å². The number of carbonyl (C=O) groups excluding carboxylic acids is 1. The third-order valence-electron chi connectivity index (χ3n) is 1.56. The minimum Gasteiger partial charge on any atom is -0.396 e. The van der Waals surface area contributed by atoms with Crippen LogP contribution in [0.3, 0.4) is 0 Å². The van der Waals surface area contributed by atoms with Crippen LogP contribution in [0.15, 0.2) is 0 Å². The predicted octanol–water partition coefficient (Wildman–Crippen LogP) is -1.64. The average Bonchev–Trinajstić information content (AvgIpc) is 2.03. The summed E-state index contributed by atoms with van der Waals surface area (Å²) in [5.41, 5.74) is 4.74. The molecule has 0 aliphatic heterocycles. The Morgan fingerprint density at radius 1 is 1.33 bits per heavy atom. The smallest absolute Gasteiger partial charge is 0.248 e. The second kappa shape index (κ2) is 5.93. The van der Waals surface area contributed by atoms with Gasteiger partial charge in [0.1, 0.15) is 0 Å². The molecule has 0 aliphatic rings. The summed E-state index contributed by atoms with van der Waals surface area (Å²) in [6.45, 7) is 0.0411. The molecule has 0 heterocycles. The molecule has 0 fully saturated rings. The minimum absolute atomic E-state index is 0.0411. The summed E-state index contributed by atoms with van der Waals surface area (Å²) in [6, 6.07) is 0. The topological polar surface area (TPSA) is 104 Å². The van der Waals surface area contributed by atoms with Crippen LogP contribution >= 0.6 is 0 Å². The first-order valence-electron chi connectivity index (χ1n) is 3.86. The molecule has 0 radical (unpaired) electrons. The lowest BCUT2D eigenvalue weighted by molar-refractivity contribution is -0.131. The molecule has 0 aromatic heterocycles. The van der Waals surface area contributed by atoms with E-state index in [1.165, 1.54) is 0 Å². The van der Waals surface area contributed by atoms with Crippen LogP contribution in [0.4, 0.5) is 0 Å². The van der Waals surface area contributed by atoms with Gasteiger partial charge in [0.05, 0.1) is 6.10 Å². The molecule has 0 spiro atoms. The van der Waals surface area contributed by atoms with E-state index in [2.05, 4.69) is 0 Å². The van der Waals surface area contributed by atoms with Gasteiger partial charge in [-0.15, -0.1) is 0 Å². The zero-order valence-electron chi connectivity index (χ0n) is 6.81. The van der Waals surface area contributed by atoms with Crippen molar-refractivity contribution in [1.29, 1.82) is 0 Å². The Kier molecular flexibility index (Phi) is 5.61. The van der Waals surface area contributed by atoms with Crippen LogP contribution in [0.25, 0.3) is 0 Å². The third-order valence-corrected chi connectivity index (χ3v) is 1.56. The quantitative estimate of drug-likeness (QED) is 0.365. The van der Waals surface area contributed by atoms with Crippen LogP contribution < -0.4 is 5.73 Å². The molecule has 5 N–H and O–H groups in total. The number of carbonyl (C=O) groups is 1. The van der Waals surface area contributed by atoms with E-state index in [0.717, 1.165) is 0 Å². The largest absolute Gasteiger partial charge is 0.396 e. The van der Waals surface area contributed by atoms with E-state index in [0.29, 0.717) is 12.8 Å². The van der Waals surface area contributed by atoms with Gasteiger partial charge in [0.2, 0.25) is 5.91 Å². The number of primary amides is 1. The number of hydrogen-bond donors (Lipinski definition) is 4. The summed E-state index contributed by atoms with van der Waals surface area (Å²) < 4.78 is 0. The highest BCUT2D eigenvalue weighted by molar-refractivity contribution is 5.79. The van der Waals surface area contributed by atoms with Crippen molar-refractivity contribution in [1.82, 2.24) is 0 Å². The summed E-state index contributed by atoms with van der Waals surface area (Å²) in [5, 5.41) is 26.4. The number of unbranched alkanes of at least 4 members (excludes halogenated alkanes) is 1. The van der Waals surface area contributed by atoms with Crippen LogP contribution in [-0.4, -0.2) is 40.0 Å². The number of hydrogen-bond acceptors (Lipinski definition) is 4. The first kappa shape index (κ1) is 11.4. The van der Waals surface area contributed by atoms with E-state index >= 15 is 0 Å². The highest BCUT2D eigenvalue weighted by Gasteiger charge is 2.20. The molecule has 0 aromatic rings. The average molecular weight is 177 g/mol. The molecule has 1 amide bonds. The van der Waals surface area contributed by atoms with Crippen molar-refractivity contribution in [3.05, 3.63) is 0 Å². The molecule has 2 unspecified atom stereocenters. The van der Waals surface area contributed by atoms with Crippen molar-refractivity contribution in [3.63, 3.8) is 0 Å². The maximum Gasteiger partial charge on any atom is 0.248 e. The van der Waals surface area contributed by atoms with Crippen molar-refractivity contribution >= 4 is 5.91 Å². The Hall–Kier alpha value is -0.650. The van der Waals surface area contributed by atoms with E-state index in [-0.39, 0.29) is 13.0 Å². The fraction of sp³-hybridized carbons (Fsp3) is 0.857. The molecule has 5 heteroatoms. The highest BCUT2D eigenvalue weighted by atomic mass is 16.3. The predicted molar refractivity (Wildman–Crippen MR) is 42.1 cm³/mol. The molecule has 5 nitrogen and oxygen atoms in total. The van der Waals surface area contributed by atoms with E-state index < -0.39 is 18.1 Å². The van der Waals surface area contributed by atoms with Gasteiger partial charge in [0, 0.05) is 6.61 Å². The van der Waals surface area contributed by atoms with Gasteiger partial charge in [0.25, 0.3) is 0 Å². The monoisotopic (exact) mass is 177 g/mol. The normalized spacial score (nSPS) is 15.6. The summed E-state index contributed by atoms with van der Waals surface area (Å²) in [5.74, 6) is -0.925. The molecular formula is C7H15NO4. The molecule has 72 valence electrons. The van der Waals surface area contributed by atoms with Gasteiger partial charge in [-0.3, -0.25) is 4.79 Å². The lowest BCUT2D eigenvalue weighted by Gasteiger charge is -2.13. The number of rotatable bonds is 6. The molecule has 0 saturated heterocycles. The standard InChI is InChI=1S/C7H15NO4/c8-7(12)6(11)5(10)3-1-2-4-9/h5-6,9-11H,1-4H2,(H2,8,12). The van der Waals surface area contributed by atoms with E-state index in [9.17, 15) is 4.79 Å². The molecule has 0 bridgehead atoms. The second-order valence-corrected chi connectivity index (χ2v) is 2.63. The van der Waals surface area contributed by atoms with Crippen LogP contribution in [0.1, 0.15) is 19.3 Å². The fourth-order valence-electron chi connectivity index (χ4n) is 0.813. The summed E-state index contributed by atoms with van der Waals surface area (Å²) in [6.07, 6.45) is -1.24. The molecule has 12 heavy (non-hydrogen) atoms. The molecular weight excluding hydrogens is 162 g/mol. The van der Waals surface area contributed by atoms with Crippen LogP contribution in [0.2, 0.25) is 0 Å². The maximum absolute atomic E-state index is 10.3. The summed E-state index contributed by atoms with van der Waals surface area (Å²) >= 11 is 0. The van der Waals surface area contributed by atoms with Gasteiger partial charge < -0.3 is 21.1 Å². The Bertz CT molecular complexity index is 139. The van der Waals surface area contributed by atoms with Crippen molar-refractivity contribution in [3.8, 4) is 0 Å². The molecule has 0 rings (SSSR count). The van der Waals surface area contributed by atoms with E-state index in [1.54, 1.807) is 0 Å². The van der Waals surface area contributed by atoms with Crippen molar-refractivity contribution in [2.75, 3.05) is 6.61 Å². The molecule has 2 atom stereocenters. The van der Waals surface area contributed by atoms with Gasteiger partial charge in [-0.2, -0.15) is 0 Å². The minimum atomic E-state index is -1.50. The van der Waals surface area contributed by atoms with Crippen LogP contribution in [-0.2, 0) is 4.79 Å². The molecule has 0 aliphatic carbocycles. The third kappa shape index (κ3) is 4.27. The van der Waals surface area contributed by atoms with Crippen LogP contribution in [0, 0.1) is 0 Å². The number of aliphatic hydroxyl groups excluding tert-OH is 3. The Balaban J connectivity index is 3.56. The number of nitrogens with two attached hydrogens (primary N) is 1. The lowest BCUT2D eigenvalue weighted by atomic mass is 10.1. The summed E-state index contributed by atoms with van der Waals surface area (Å²) in [7, 11) is 0. The second-order valence-electron chi connectivity index (χ2n) is 2.63. The Morgan fingerprint density at radius 3 is 2.33 bits per heavy atom. The number of aliphatic hydroxyl groups is 3. The Morgan fingerprint density at radius 2 is 1.92 bits per heavy atom. The SMILES string of the molecule is NC(=O)C(O)C(O)CCCCO. The van der Waals surface area contributed by atoms with Gasteiger partial charge in [-0.05, 0) is 19.3 Å². The molecule has 0 saturated carbocycles. The number of amides is 1. The van der Waals surface area contributed by atoms with Gasteiger partial charge >= 0.3 is 0 Å². The summed E-state index contributed by atoms with van der Waals surface area (Å²) in [4.78, 5) is 10.3.